The van der Waals surface area contributed by atoms with Crippen molar-refractivity contribution in [3.05, 3.63) is 28.0 Å². The Labute approximate surface area is 127 Å². The third kappa shape index (κ3) is 3.77. The van der Waals surface area contributed by atoms with Crippen LogP contribution in [0.3, 0.4) is 0 Å². The SMILES string of the molecule is CSC1CCCCC1NC(=O)c1cc(Cl)ncc1Cl. The van der Waals surface area contributed by atoms with Gasteiger partial charge in [0.05, 0.1) is 10.6 Å². The van der Waals surface area contributed by atoms with Crippen LogP contribution in [0.15, 0.2) is 12.3 Å². The first kappa shape index (κ1) is 14.9. The van der Waals surface area contributed by atoms with E-state index in [0.29, 0.717) is 15.8 Å². The minimum Gasteiger partial charge on any atom is -0.348 e. The van der Waals surface area contributed by atoms with E-state index in [1.54, 1.807) is 0 Å². The summed E-state index contributed by atoms with van der Waals surface area (Å²) in [6.07, 6.45) is 8.06. The fraction of sp³-hybridized carbons (Fsp3) is 0.538. The summed E-state index contributed by atoms with van der Waals surface area (Å²) in [7, 11) is 0. The van der Waals surface area contributed by atoms with Gasteiger partial charge in [-0.05, 0) is 25.2 Å². The van der Waals surface area contributed by atoms with E-state index in [1.807, 2.05) is 11.8 Å². The molecule has 1 N–H and O–H groups in total. The highest BCUT2D eigenvalue weighted by atomic mass is 35.5. The van der Waals surface area contributed by atoms with E-state index in [9.17, 15) is 4.79 Å². The van der Waals surface area contributed by atoms with Gasteiger partial charge in [0.2, 0.25) is 0 Å². The Morgan fingerprint density at radius 3 is 2.89 bits per heavy atom. The quantitative estimate of drug-likeness (QED) is 0.862. The Hall–Kier alpha value is -0.450. The number of carbonyl (C=O) groups excluding carboxylic acids is 1. The van der Waals surface area contributed by atoms with Crippen molar-refractivity contribution in [3.63, 3.8) is 0 Å². The largest absolute Gasteiger partial charge is 0.348 e. The van der Waals surface area contributed by atoms with E-state index in [-0.39, 0.29) is 17.1 Å². The van der Waals surface area contributed by atoms with Gasteiger partial charge in [0, 0.05) is 17.5 Å². The lowest BCUT2D eigenvalue weighted by Crippen LogP contribution is -2.43. The maximum Gasteiger partial charge on any atom is 0.253 e. The van der Waals surface area contributed by atoms with Crippen molar-refractivity contribution in [1.29, 1.82) is 0 Å². The Kier molecular flexibility index (Phi) is 5.37. The van der Waals surface area contributed by atoms with Crippen molar-refractivity contribution in [3.8, 4) is 0 Å². The minimum atomic E-state index is -0.166. The van der Waals surface area contributed by atoms with E-state index in [4.69, 9.17) is 23.2 Å². The zero-order valence-corrected chi connectivity index (χ0v) is 13.0. The zero-order chi connectivity index (χ0) is 13.8. The summed E-state index contributed by atoms with van der Waals surface area (Å²) in [4.78, 5) is 16.1. The maximum absolute atomic E-state index is 12.3. The van der Waals surface area contributed by atoms with Crippen LogP contribution in [-0.4, -0.2) is 28.4 Å². The van der Waals surface area contributed by atoms with E-state index in [0.717, 1.165) is 19.3 Å². The molecule has 1 aromatic heterocycles. The highest BCUT2D eigenvalue weighted by molar-refractivity contribution is 7.99. The fourth-order valence-corrected chi connectivity index (χ4v) is 3.66. The molecule has 0 bridgehead atoms. The Balaban J connectivity index is 2.09. The highest BCUT2D eigenvalue weighted by Crippen LogP contribution is 2.28. The van der Waals surface area contributed by atoms with Crippen molar-refractivity contribution in [2.45, 2.75) is 37.0 Å². The molecule has 19 heavy (non-hydrogen) atoms. The molecular weight excluding hydrogens is 303 g/mol. The fourth-order valence-electron chi connectivity index (χ4n) is 2.38. The summed E-state index contributed by atoms with van der Waals surface area (Å²) < 4.78 is 0. The summed E-state index contributed by atoms with van der Waals surface area (Å²) >= 11 is 13.6. The van der Waals surface area contributed by atoms with Crippen LogP contribution in [0.25, 0.3) is 0 Å². The predicted octanol–water partition coefficient (Wildman–Crippen LogP) is 3.79. The van der Waals surface area contributed by atoms with Crippen LogP contribution in [0.4, 0.5) is 0 Å². The number of hydrogen-bond acceptors (Lipinski definition) is 3. The maximum atomic E-state index is 12.3. The second-order valence-electron chi connectivity index (χ2n) is 4.63. The molecule has 1 heterocycles. The molecule has 0 spiro atoms. The molecule has 6 heteroatoms. The van der Waals surface area contributed by atoms with Gasteiger partial charge in [0.1, 0.15) is 5.15 Å². The van der Waals surface area contributed by atoms with Crippen LogP contribution in [0.1, 0.15) is 36.0 Å². The summed E-state index contributed by atoms with van der Waals surface area (Å²) in [5.74, 6) is -0.166. The van der Waals surface area contributed by atoms with Crippen LogP contribution in [0, 0.1) is 0 Å². The van der Waals surface area contributed by atoms with E-state index < -0.39 is 0 Å². The molecule has 1 saturated carbocycles. The molecule has 1 aliphatic rings. The third-order valence-corrected chi connectivity index (χ3v) is 5.07. The molecule has 0 radical (unpaired) electrons. The van der Waals surface area contributed by atoms with Crippen molar-refractivity contribution in [1.82, 2.24) is 10.3 Å². The normalized spacial score (nSPS) is 23.1. The second kappa shape index (κ2) is 6.82. The molecule has 3 nitrogen and oxygen atoms in total. The first-order chi connectivity index (χ1) is 9.11. The molecule has 0 saturated heterocycles. The van der Waals surface area contributed by atoms with Crippen molar-refractivity contribution >= 4 is 40.9 Å². The predicted molar refractivity (Wildman–Crippen MR) is 81.3 cm³/mol. The number of rotatable bonds is 3. The van der Waals surface area contributed by atoms with Gasteiger partial charge in [-0.15, -0.1) is 0 Å². The lowest BCUT2D eigenvalue weighted by molar-refractivity contribution is 0.0929. The van der Waals surface area contributed by atoms with Crippen LogP contribution in [0.5, 0.6) is 0 Å². The monoisotopic (exact) mass is 318 g/mol. The molecule has 0 aliphatic heterocycles. The van der Waals surface area contributed by atoms with Gasteiger partial charge < -0.3 is 5.32 Å². The van der Waals surface area contributed by atoms with Crippen LogP contribution >= 0.6 is 35.0 Å². The van der Waals surface area contributed by atoms with Crippen LogP contribution in [-0.2, 0) is 0 Å². The zero-order valence-electron chi connectivity index (χ0n) is 10.7. The Morgan fingerprint density at radius 2 is 2.16 bits per heavy atom. The average Bonchev–Trinajstić information content (AvgIpc) is 2.42. The molecule has 104 valence electrons. The molecule has 0 aromatic carbocycles. The van der Waals surface area contributed by atoms with E-state index in [1.165, 1.54) is 18.7 Å². The van der Waals surface area contributed by atoms with Gasteiger partial charge in [0.15, 0.2) is 0 Å². The molecule has 1 aliphatic carbocycles. The number of hydrogen-bond donors (Lipinski definition) is 1. The Morgan fingerprint density at radius 1 is 1.42 bits per heavy atom. The van der Waals surface area contributed by atoms with Crippen molar-refractivity contribution in [2.24, 2.45) is 0 Å². The molecular formula is C13H16Cl2N2OS. The molecule has 2 atom stereocenters. The number of thioether (sulfide) groups is 1. The topological polar surface area (TPSA) is 42.0 Å². The third-order valence-electron chi connectivity index (χ3n) is 3.39. The number of aromatic nitrogens is 1. The molecule has 1 fully saturated rings. The molecule has 2 rings (SSSR count). The number of pyridine rings is 1. The minimum absolute atomic E-state index is 0.166. The van der Waals surface area contributed by atoms with Gasteiger partial charge in [-0.1, -0.05) is 36.0 Å². The Bertz CT molecular complexity index is 470. The lowest BCUT2D eigenvalue weighted by Gasteiger charge is -2.31. The first-order valence-electron chi connectivity index (χ1n) is 6.26. The second-order valence-corrected chi connectivity index (χ2v) is 6.50. The number of amides is 1. The van der Waals surface area contributed by atoms with E-state index in [2.05, 4.69) is 16.6 Å². The average molecular weight is 319 g/mol. The summed E-state index contributed by atoms with van der Waals surface area (Å²) in [5.41, 5.74) is 0.395. The lowest BCUT2D eigenvalue weighted by atomic mass is 9.94. The summed E-state index contributed by atoms with van der Waals surface area (Å²) in [6.45, 7) is 0. The standard InChI is InChI=1S/C13H16Cl2N2OS/c1-19-11-5-3-2-4-10(11)17-13(18)8-6-12(15)16-7-9(8)14/h6-7,10-11H,2-5H2,1H3,(H,17,18). The van der Waals surface area contributed by atoms with Crippen LogP contribution in [0.2, 0.25) is 10.2 Å². The van der Waals surface area contributed by atoms with Gasteiger partial charge in [-0.25, -0.2) is 4.98 Å². The summed E-state index contributed by atoms with van der Waals surface area (Å²) in [6, 6.07) is 1.72. The van der Waals surface area contributed by atoms with Gasteiger partial charge >= 0.3 is 0 Å². The molecule has 2 unspecified atom stereocenters. The molecule has 1 aromatic rings. The smallest absolute Gasteiger partial charge is 0.253 e. The number of nitrogens with zero attached hydrogens (tertiary/aromatic N) is 1. The van der Waals surface area contributed by atoms with Gasteiger partial charge in [-0.3, -0.25) is 4.79 Å². The van der Waals surface area contributed by atoms with Crippen molar-refractivity contribution in [2.75, 3.05) is 6.26 Å². The van der Waals surface area contributed by atoms with Gasteiger partial charge in [0.25, 0.3) is 5.91 Å². The highest BCUT2D eigenvalue weighted by Gasteiger charge is 2.26. The summed E-state index contributed by atoms with van der Waals surface area (Å²) in [5, 5.41) is 4.16. The van der Waals surface area contributed by atoms with Crippen LogP contribution < -0.4 is 5.32 Å². The van der Waals surface area contributed by atoms with Crippen molar-refractivity contribution < 1.29 is 4.79 Å². The number of halogens is 2. The number of nitrogens with one attached hydrogen (secondary N) is 1. The van der Waals surface area contributed by atoms with Gasteiger partial charge in [-0.2, -0.15) is 11.8 Å². The first-order valence-corrected chi connectivity index (χ1v) is 8.31. The van der Waals surface area contributed by atoms with E-state index >= 15 is 0 Å². The number of carbonyl (C=O) groups is 1. The molecule has 1 amide bonds.